The van der Waals surface area contributed by atoms with E-state index in [2.05, 4.69) is 4.90 Å². The van der Waals surface area contributed by atoms with E-state index >= 15 is 0 Å². The number of methoxy groups -OCH3 is 1. The largest absolute Gasteiger partial charge is 0.493 e. The molecule has 0 unspecified atom stereocenters. The smallest absolute Gasteiger partial charge is 0.349 e. The molecule has 1 aliphatic carbocycles. The highest BCUT2D eigenvalue weighted by atomic mass is 16.6. The number of carbonyl (C=O) groups excluding carboxylic acids is 2. The molecule has 0 aromatic heterocycles. The number of carboxylic acid groups (broad SMARTS) is 1. The highest BCUT2D eigenvalue weighted by molar-refractivity contribution is 5.82. The monoisotopic (exact) mass is 565 g/mol. The summed E-state index contributed by atoms with van der Waals surface area (Å²) in [6.07, 6.45) is -0.461. The Hall–Kier alpha value is -3.89. The van der Waals surface area contributed by atoms with Crippen molar-refractivity contribution in [3.8, 4) is 11.5 Å². The van der Waals surface area contributed by atoms with Crippen molar-refractivity contribution in [1.29, 1.82) is 0 Å². The third-order valence-corrected chi connectivity index (χ3v) is 8.88. The summed E-state index contributed by atoms with van der Waals surface area (Å²) >= 11 is 0. The Morgan fingerprint density at radius 1 is 1.12 bits per heavy atom. The Morgan fingerprint density at radius 2 is 1.83 bits per heavy atom. The Kier molecular flexibility index (Phi) is 7.56. The zero-order valence-electron chi connectivity index (χ0n) is 23.6. The number of likely N-dealkylation sites (tertiary alicyclic amines) is 1. The number of carboxylic acids is 1. The molecule has 5 atom stereocenters. The van der Waals surface area contributed by atoms with Crippen LogP contribution in [0.2, 0.25) is 0 Å². The molecule has 0 radical (unpaired) electrons. The molecule has 2 N–H and O–H groups in total. The molecule has 0 saturated carbocycles. The zero-order valence-corrected chi connectivity index (χ0v) is 23.6. The molecule has 10 nitrogen and oxygen atoms in total. The van der Waals surface area contributed by atoms with Crippen LogP contribution in [0.4, 0.5) is 0 Å². The van der Waals surface area contributed by atoms with E-state index in [9.17, 15) is 24.6 Å². The minimum absolute atomic E-state index is 0.214. The van der Waals surface area contributed by atoms with Gasteiger partial charge in [0.15, 0.2) is 17.6 Å². The maximum atomic E-state index is 13.0. The molecule has 41 heavy (non-hydrogen) atoms. The van der Waals surface area contributed by atoms with Crippen LogP contribution in [-0.4, -0.2) is 71.5 Å². The van der Waals surface area contributed by atoms with E-state index in [1.807, 2.05) is 33.0 Å². The number of aryl methyl sites for hydroxylation is 1. The van der Waals surface area contributed by atoms with Gasteiger partial charge >= 0.3 is 17.9 Å². The normalized spacial score (nSPS) is 27.3. The van der Waals surface area contributed by atoms with Crippen molar-refractivity contribution < 1.29 is 43.5 Å². The number of hydrogen-bond donors (Lipinski definition) is 2. The molecular weight excluding hydrogens is 530 g/mol. The second-order valence-corrected chi connectivity index (χ2v) is 11.0. The number of aliphatic carboxylic acids is 1. The standard InChI is InChI=1S/C31H35NO9/c1-18-10-11-21(38-4)27-25(18)30-16-17-32(3)19(2)31(30,37)15-14-22(28(30)41-27)39-23(33)12-13-24(34)40-26(29(35)36)20-8-6-5-7-9-20/h5-11,14,19,26,28,37H,12-13,15-17H2,1-4H3,(H,35,36)/t19-,26+,28+,30+,31-/m1/s1. The van der Waals surface area contributed by atoms with Crippen LogP contribution >= 0.6 is 0 Å². The number of aliphatic hydroxyl groups is 1. The Balaban J connectivity index is 1.36. The van der Waals surface area contributed by atoms with E-state index in [1.54, 1.807) is 43.5 Å². The zero-order chi connectivity index (χ0) is 29.5. The first-order chi connectivity index (χ1) is 19.5. The molecule has 0 amide bonds. The van der Waals surface area contributed by atoms with Crippen molar-refractivity contribution in [3.63, 3.8) is 0 Å². The number of rotatable bonds is 8. The average Bonchev–Trinajstić information content (AvgIpc) is 3.32. The molecule has 1 spiro atoms. The molecule has 2 aromatic rings. The number of fused-ring (bicyclic) bond motifs is 1. The van der Waals surface area contributed by atoms with E-state index in [1.165, 1.54) is 0 Å². The van der Waals surface area contributed by atoms with Crippen LogP contribution in [-0.2, 0) is 29.3 Å². The van der Waals surface area contributed by atoms with Crippen molar-refractivity contribution in [2.24, 2.45) is 0 Å². The fraction of sp³-hybridized carbons (Fsp3) is 0.452. The van der Waals surface area contributed by atoms with Crippen molar-refractivity contribution >= 4 is 17.9 Å². The molecule has 10 heteroatoms. The van der Waals surface area contributed by atoms with Gasteiger partial charge in [-0.3, -0.25) is 9.59 Å². The van der Waals surface area contributed by atoms with Crippen LogP contribution in [0.5, 0.6) is 11.5 Å². The molecule has 0 bridgehead atoms. The van der Waals surface area contributed by atoms with Crippen LogP contribution in [0.1, 0.15) is 55.4 Å². The maximum absolute atomic E-state index is 13.0. The van der Waals surface area contributed by atoms with E-state index < -0.39 is 41.1 Å². The molecule has 5 rings (SSSR count). The van der Waals surface area contributed by atoms with Crippen LogP contribution < -0.4 is 9.47 Å². The third-order valence-electron chi connectivity index (χ3n) is 8.88. The average molecular weight is 566 g/mol. The number of hydrogen-bond acceptors (Lipinski definition) is 9. The molecular formula is C31H35NO9. The number of esters is 2. The summed E-state index contributed by atoms with van der Waals surface area (Å²) in [5.74, 6) is -1.51. The van der Waals surface area contributed by atoms with Gasteiger partial charge in [-0.15, -0.1) is 0 Å². The predicted molar refractivity (Wildman–Crippen MR) is 146 cm³/mol. The van der Waals surface area contributed by atoms with Gasteiger partial charge in [0.2, 0.25) is 6.10 Å². The van der Waals surface area contributed by atoms with Crippen molar-refractivity contribution in [1.82, 2.24) is 4.90 Å². The Labute approximate surface area is 238 Å². The van der Waals surface area contributed by atoms with Crippen molar-refractivity contribution in [3.05, 3.63) is 71.0 Å². The van der Waals surface area contributed by atoms with Crippen LogP contribution in [0, 0.1) is 6.92 Å². The molecule has 1 fully saturated rings. The van der Waals surface area contributed by atoms with Gasteiger partial charge in [-0.2, -0.15) is 0 Å². The van der Waals surface area contributed by atoms with Crippen LogP contribution in [0.3, 0.4) is 0 Å². The molecule has 2 aliphatic heterocycles. The maximum Gasteiger partial charge on any atom is 0.349 e. The quantitative estimate of drug-likeness (QED) is 0.459. The highest BCUT2D eigenvalue weighted by Crippen LogP contribution is 2.62. The van der Waals surface area contributed by atoms with Gasteiger partial charge < -0.3 is 34.1 Å². The number of piperidine rings is 1. The van der Waals surface area contributed by atoms with Crippen molar-refractivity contribution in [2.75, 3.05) is 20.7 Å². The lowest BCUT2D eigenvalue weighted by Crippen LogP contribution is -2.71. The van der Waals surface area contributed by atoms with Gasteiger partial charge in [-0.1, -0.05) is 36.4 Å². The number of ether oxygens (including phenoxy) is 4. The van der Waals surface area contributed by atoms with E-state index in [0.717, 1.165) is 11.1 Å². The molecule has 1 saturated heterocycles. The van der Waals surface area contributed by atoms with E-state index in [0.29, 0.717) is 30.0 Å². The van der Waals surface area contributed by atoms with Gasteiger partial charge in [0.05, 0.1) is 31.0 Å². The van der Waals surface area contributed by atoms with Crippen LogP contribution in [0.25, 0.3) is 0 Å². The first kappa shape index (κ1) is 28.6. The van der Waals surface area contributed by atoms with Gasteiger partial charge in [-0.05, 0) is 51.6 Å². The summed E-state index contributed by atoms with van der Waals surface area (Å²) in [5.41, 5.74) is 0.0174. The molecule has 2 aromatic carbocycles. The second-order valence-electron chi connectivity index (χ2n) is 11.0. The first-order valence-electron chi connectivity index (χ1n) is 13.7. The summed E-state index contributed by atoms with van der Waals surface area (Å²) in [6, 6.07) is 11.7. The topological polar surface area (TPSA) is 132 Å². The van der Waals surface area contributed by atoms with Gasteiger partial charge in [-0.25, -0.2) is 4.79 Å². The highest BCUT2D eigenvalue weighted by Gasteiger charge is 2.69. The van der Waals surface area contributed by atoms with E-state index in [4.69, 9.17) is 18.9 Å². The first-order valence-corrected chi connectivity index (χ1v) is 13.7. The van der Waals surface area contributed by atoms with Gasteiger partial charge in [0, 0.05) is 23.6 Å². The summed E-state index contributed by atoms with van der Waals surface area (Å²) in [5, 5.41) is 21.8. The van der Waals surface area contributed by atoms with Gasteiger partial charge in [0.1, 0.15) is 5.76 Å². The summed E-state index contributed by atoms with van der Waals surface area (Å²) in [4.78, 5) is 39.2. The van der Waals surface area contributed by atoms with E-state index in [-0.39, 0.29) is 31.1 Å². The SMILES string of the molecule is COc1ccc(C)c2c1O[C@H]1C(OC(=O)CCC(=O)O[C@H](C(=O)O)c3ccccc3)=CC[C@@]3(O)[C@@H](C)N(C)CC[C@]213. The number of benzene rings is 2. The Bertz CT molecular complexity index is 1390. The molecule has 2 heterocycles. The summed E-state index contributed by atoms with van der Waals surface area (Å²) in [7, 11) is 3.53. The number of likely N-dealkylation sites (N-methyl/N-ethyl adjacent to an activating group) is 1. The fourth-order valence-corrected chi connectivity index (χ4v) is 6.62. The lowest BCUT2D eigenvalue weighted by Gasteiger charge is -2.58. The lowest BCUT2D eigenvalue weighted by atomic mass is 9.54. The fourth-order valence-electron chi connectivity index (χ4n) is 6.62. The summed E-state index contributed by atoms with van der Waals surface area (Å²) in [6.45, 7) is 4.65. The number of carbonyl (C=O) groups is 3. The third kappa shape index (κ3) is 4.64. The van der Waals surface area contributed by atoms with Crippen LogP contribution in [0.15, 0.2) is 54.3 Å². The minimum Gasteiger partial charge on any atom is -0.493 e. The van der Waals surface area contributed by atoms with Gasteiger partial charge in [0.25, 0.3) is 0 Å². The molecule has 218 valence electrons. The minimum atomic E-state index is -1.48. The number of nitrogens with zero attached hydrogens (tertiary/aromatic N) is 1. The predicted octanol–water partition coefficient (Wildman–Crippen LogP) is 3.44. The van der Waals surface area contributed by atoms with Crippen molar-refractivity contribution in [2.45, 2.75) is 68.8 Å². The second kappa shape index (κ2) is 10.8. The Morgan fingerprint density at radius 3 is 2.51 bits per heavy atom. The molecule has 3 aliphatic rings. The summed E-state index contributed by atoms with van der Waals surface area (Å²) < 4.78 is 23.0. The lowest BCUT2D eigenvalue weighted by molar-refractivity contribution is -0.166.